The van der Waals surface area contributed by atoms with E-state index in [4.69, 9.17) is 14.1 Å². The van der Waals surface area contributed by atoms with E-state index in [1.807, 2.05) is 19.1 Å². The van der Waals surface area contributed by atoms with Gasteiger partial charge in [-0.1, -0.05) is 64.3 Å². The number of methoxy groups -OCH3 is 1. The molecule has 2 heterocycles. The zero-order valence-electron chi connectivity index (χ0n) is 19.3. The van der Waals surface area contributed by atoms with Crippen LogP contribution in [-0.2, 0) is 12.8 Å². The summed E-state index contributed by atoms with van der Waals surface area (Å²) in [7, 11) is 1.59. The third-order valence-electron chi connectivity index (χ3n) is 5.08. The fourth-order valence-electron chi connectivity index (χ4n) is 3.36. The molecule has 0 saturated heterocycles. The van der Waals surface area contributed by atoms with E-state index in [1.165, 1.54) is 0 Å². The van der Waals surface area contributed by atoms with Crippen molar-refractivity contribution < 1.29 is 9.15 Å². The first-order chi connectivity index (χ1) is 15.4. The minimum absolute atomic E-state index is 0.000266. The van der Waals surface area contributed by atoms with Crippen molar-refractivity contribution in [2.24, 2.45) is 5.41 Å². The SMILES string of the molecule is C=Cc1nc(OC)c(-c2cccc(/C=C/CC(C)(C)Cc3nnc(CC)o3)c2)nc1C=C. The maximum Gasteiger partial charge on any atom is 0.240 e. The minimum atomic E-state index is -0.000266. The van der Waals surface area contributed by atoms with E-state index in [0.717, 1.165) is 30.4 Å². The van der Waals surface area contributed by atoms with Crippen LogP contribution in [0.1, 0.15) is 55.9 Å². The molecule has 0 saturated carbocycles. The molecule has 0 spiro atoms. The number of allylic oxidation sites excluding steroid dienone is 1. The Bertz CT molecular complexity index is 1130. The molecule has 0 unspecified atom stereocenters. The number of rotatable bonds is 10. The molecule has 0 N–H and O–H groups in total. The Morgan fingerprint density at radius 1 is 1.06 bits per heavy atom. The van der Waals surface area contributed by atoms with Crippen molar-refractivity contribution in [3.05, 3.63) is 72.2 Å². The highest BCUT2D eigenvalue weighted by Crippen LogP contribution is 2.30. The average Bonchev–Trinajstić information content (AvgIpc) is 3.24. The first-order valence-corrected chi connectivity index (χ1v) is 10.7. The van der Waals surface area contributed by atoms with Gasteiger partial charge in [0.1, 0.15) is 5.69 Å². The molecule has 0 amide bonds. The van der Waals surface area contributed by atoms with Gasteiger partial charge < -0.3 is 9.15 Å². The molecule has 0 aliphatic carbocycles. The molecule has 6 heteroatoms. The number of hydrogen-bond donors (Lipinski definition) is 0. The number of aryl methyl sites for hydroxylation is 1. The largest absolute Gasteiger partial charge is 0.479 e. The van der Waals surface area contributed by atoms with Gasteiger partial charge in [0.15, 0.2) is 0 Å². The van der Waals surface area contributed by atoms with Crippen LogP contribution in [0.3, 0.4) is 0 Å². The van der Waals surface area contributed by atoms with Gasteiger partial charge in [0, 0.05) is 18.4 Å². The summed E-state index contributed by atoms with van der Waals surface area (Å²) in [5, 5.41) is 8.20. The zero-order valence-corrected chi connectivity index (χ0v) is 19.3. The number of ether oxygens (including phenoxy) is 1. The number of aromatic nitrogens is 4. The molecular weight excluding hydrogens is 400 g/mol. The fourth-order valence-corrected chi connectivity index (χ4v) is 3.36. The molecule has 0 radical (unpaired) electrons. The number of benzene rings is 1. The molecule has 1 aromatic carbocycles. The van der Waals surface area contributed by atoms with Gasteiger partial charge in [0.05, 0.1) is 18.5 Å². The highest BCUT2D eigenvalue weighted by molar-refractivity contribution is 5.71. The Morgan fingerprint density at radius 3 is 2.44 bits per heavy atom. The number of nitrogens with zero attached hydrogens (tertiary/aromatic N) is 4. The van der Waals surface area contributed by atoms with Crippen molar-refractivity contribution in [2.45, 2.75) is 40.0 Å². The first-order valence-electron chi connectivity index (χ1n) is 10.7. The standard InChI is InChI=1S/C26H30N4O2/c1-7-20-21(8-2)28-25(31-6)24(27-20)19-14-10-12-18(16-19)13-11-15-26(4,5)17-23-30-29-22(9-3)32-23/h7-8,10-14,16H,1-2,9,15,17H2,3-6H3/b13-11+. The van der Waals surface area contributed by atoms with Gasteiger partial charge in [0.25, 0.3) is 0 Å². The maximum absolute atomic E-state index is 5.67. The quantitative estimate of drug-likeness (QED) is 0.389. The van der Waals surface area contributed by atoms with Gasteiger partial charge >= 0.3 is 0 Å². The Kier molecular flexibility index (Phi) is 7.36. The third kappa shape index (κ3) is 5.58. The second kappa shape index (κ2) is 10.2. The normalized spacial score (nSPS) is 11.6. The van der Waals surface area contributed by atoms with Crippen LogP contribution in [0, 0.1) is 5.41 Å². The summed E-state index contributed by atoms with van der Waals surface area (Å²) in [5.41, 5.74) is 3.98. The lowest BCUT2D eigenvalue weighted by Gasteiger charge is -2.20. The highest BCUT2D eigenvalue weighted by atomic mass is 16.5. The summed E-state index contributed by atoms with van der Waals surface area (Å²) in [6.45, 7) is 14.0. The highest BCUT2D eigenvalue weighted by Gasteiger charge is 2.20. The van der Waals surface area contributed by atoms with E-state index in [-0.39, 0.29) is 5.41 Å². The lowest BCUT2D eigenvalue weighted by molar-refractivity contribution is 0.319. The Morgan fingerprint density at radius 2 is 1.78 bits per heavy atom. The molecule has 3 rings (SSSR count). The van der Waals surface area contributed by atoms with Crippen LogP contribution < -0.4 is 4.74 Å². The van der Waals surface area contributed by atoms with Crippen LogP contribution in [-0.4, -0.2) is 27.3 Å². The third-order valence-corrected chi connectivity index (χ3v) is 5.08. The predicted molar refractivity (Wildman–Crippen MR) is 129 cm³/mol. The van der Waals surface area contributed by atoms with E-state index >= 15 is 0 Å². The van der Waals surface area contributed by atoms with Crippen LogP contribution in [0.25, 0.3) is 29.5 Å². The molecular formula is C26H30N4O2. The molecule has 6 nitrogen and oxygen atoms in total. The molecule has 3 aromatic rings. The summed E-state index contributed by atoms with van der Waals surface area (Å²) < 4.78 is 11.2. The lowest BCUT2D eigenvalue weighted by Crippen LogP contribution is -2.14. The van der Waals surface area contributed by atoms with Crippen molar-refractivity contribution >= 4 is 18.2 Å². The second-order valence-corrected chi connectivity index (χ2v) is 8.28. The van der Waals surface area contributed by atoms with Gasteiger partial charge in [-0.2, -0.15) is 0 Å². The van der Waals surface area contributed by atoms with Crippen molar-refractivity contribution in [3.8, 4) is 17.1 Å². The lowest BCUT2D eigenvalue weighted by atomic mass is 9.85. The summed E-state index contributed by atoms with van der Waals surface area (Å²) in [6.07, 6.45) is 9.97. The molecule has 0 aliphatic heterocycles. The van der Waals surface area contributed by atoms with Crippen molar-refractivity contribution in [1.29, 1.82) is 0 Å². The summed E-state index contributed by atoms with van der Waals surface area (Å²) in [4.78, 5) is 9.21. The predicted octanol–water partition coefficient (Wildman–Crippen LogP) is 6.06. The fraction of sp³-hybridized carbons (Fsp3) is 0.308. The van der Waals surface area contributed by atoms with E-state index in [1.54, 1.807) is 19.3 Å². The van der Waals surface area contributed by atoms with Crippen molar-refractivity contribution in [2.75, 3.05) is 7.11 Å². The molecule has 0 bridgehead atoms. The molecule has 2 aromatic heterocycles. The molecule has 0 fully saturated rings. The Balaban J connectivity index is 1.78. The summed E-state index contributed by atoms with van der Waals surface area (Å²) in [6, 6.07) is 8.13. The molecule has 166 valence electrons. The molecule has 32 heavy (non-hydrogen) atoms. The second-order valence-electron chi connectivity index (χ2n) is 8.28. The first kappa shape index (κ1) is 23.1. The molecule has 0 atom stereocenters. The van der Waals surface area contributed by atoms with Crippen LogP contribution in [0.4, 0.5) is 0 Å². The van der Waals surface area contributed by atoms with E-state index in [0.29, 0.717) is 34.7 Å². The Labute approximate surface area is 189 Å². The number of hydrogen-bond acceptors (Lipinski definition) is 6. The van der Waals surface area contributed by atoms with Crippen LogP contribution >= 0.6 is 0 Å². The summed E-state index contributed by atoms with van der Waals surface area (Å²) in [5.74, 6) is 1.83. The van der Waals surface area contributed by atoms with Gasteiger partial charge in [0.2, 0.25) is 17.7 Å². The average molecular weight is 431 g/mol. The Hall–Kier alpha value is -3.54. The zero-order chi connectivity index (χ0) is 23.1. The van der Waals surface area contributed by atoms with Crippen molar-refractivity contribution in [1.82, 2.24) is 20.2 Å². The van der Waals surface area contributed by atoms with Gasteiger partial charge in [-0.25, -0.2) is 9.97 Å². The monoisotopic (exact) mass is 430 g/mol. The van der Waals surface area contributed by atoms with Gasteiger partial charge in [-0.05, 0) is 35.6 Å². The summed E-state index contributed by atoms with van der Waals surface area (Å²) >= 11 is 0. The van der Waals surface area contributed by atoms with E-state index in [9.17, 15) is 0 Å². The van der Waals surface area contributed by atoms with Crippen molar-refractivity contribution in [3.63, 3.8) is 0 Å². The van der Waals surface area contributed by atoms with Crippen LogP contribution in [0.5, 0.6) is 5.88 Å². The van der Waals surface area contributed by atoms with Gasteiger partial charge in [-0.3, -0.25) is 0 Å². The van der Waals surface area contributed by atoms with E-state index in [2.05, 4.69) is 66.5 Å². The van der Waals surface area contributed by atoms with Crippen LogP contribution in [0.2, 0.25) is 0 Å². The minimum Gasteiger partial charge on any atom is -0.479 e. The van der Waals surface area contributed by atoms with Crippen LogP contribution in [0.15, 0.2) is 47.9 Å². The van der Waals surface area contributed by atoms with Gasteiger partial charge in [-0.15, -0.1) is 10.2 Å². The van der Waals surface area contributed by atoms with E-state index < -0.39 is 0 Å². The smallest absolute Gasteiger partial charge is 0.240 e. The topological polar surface area (TPSA) is 73.9 Å². The molecule has 0 aliphatic rings. The maximum atomic E-state index is 5.67.